The number of carbonyl (C=O) groups is 1. The van der Waals surface area contributed by atoms with Crippen LogP contribution in [0.15, 0.2) is 41.3 Å². The maximum absolute atomic E-state index is 13.1. The van der Waals surface area contributed by atoms with Crippen LogP contribution in [0.3, 0.4) is 0 Å². The molecule has 1 aromatic carbocycles. The number of rotatable bonds is 4. The maximum Gasteiger partial charge on any atom is 0.243 e. The zero-order chi connectivity index (χ0) is 20.4. The molecule has 1 N–H and O–H groups in total. The summed E-state index contributed by atoms with van der Waals surface area (Å²) in [6, 6.07) is 10.00. The van der Waals surface area contributed by atoms with Crippen LogP contribution in [-0.4, -0.2) is 49.9 Å². The van der Waals surface area contributed by atoms with Crippen molar-refractivity contribution in [2.45, 2.75) is 24.7 Å². The number of ether oxygens (including phenoxy) is 2. The summed E-state index contributed by atoms with van der Waals surface area (Å²) in [7, 11) is -3.74. The zero-order valence-corrected chi connectivity index (χ0v) is 16.9. The van der Waals surface area contributed by atoms with E-state index in [1.807, 2.05) is 19.1 Å². The van der Waals surface area contributed by atoms with Gasteiger partial charge in [-0.15, -0.1) is 0 Å². The molecule has 1 aromatic heterocycles. The average Bonchev–Trinajstić information content (AvgIpc) is 2.73. The quantitative estimate of drug-likeness (QED) is 0.819. The van der Waals surface area contributed by atoms with Gasteiger partial charge in [0.15, 0.2) is 11.5 Å². The van der Waals surface area contributed by atoms with Crippen molar-refractivity contribution in [3.63, 3.8) is 0 Å². The highest BCUT2D eigenvalue weighted by molar-refractivity contribution is 7.89. The second-order valence-electron chi connectivity index (χ2n) is 7.16. The molecule has 0 radical (unpaired) electrons. The number of aryl methyl sites for hydroxylation is 1. The molecular weight excluding hydrogens is 394 g/mol. The van der Waals surface area contributed by atoms with Crippen LogP contribution in [0, 0.1) is 12.8 Å². The number of pyridine rings is 1. The number of nitrogens with one attached hydrogen (secondary N) is 1. The molecule has 0 saturated carbocycles. The number of sulfonamides is 1. The second kappa shape index (κ2) is 8.00. The summed E-state index contributed by atoms with van der Waals surface area (Å²) in [5, 5.41) is 2.80. The Balaban J connectivity index is 1.49. The fourth-order valence-corrected chi connectivity index (χ4v) is 5.09. The average molecular weight is 417 g/mol. The van der Waals surface area contributed by atoms with E-state index in [0.717, 1.165) is 5.69 Å². The molecule has 0 aliphatic carbocycles. The third-order valence-corrected chi connectivity index (χ3v) is 6.91. The van der Waals surface area contributed by atoms with Gasteiger partial charge in [0.05, 0.1) is 10.8 Å². The van der Waals surface area contributed by atoms with Crippen molar-refractivity contribution in [1.29, 1.82) is 0 Å². The van der Waals surface area contributed by atoms with Crippen molar-refractivity contribution in [1.82, 2.24) is 9.29 Å². The number of aromatic nitrogens is 1. The summed E-state index contributed by atoms with van der Waals surface area (Å²) >= 11 is 0. The van der Waals surface area contributed by atoms with Crippen molar-refractivity contribution < 1.29 is 22.7 Å². The summed E-state index contributed by atoms with van der Waals surface area (Å²) in [5.74, 6) is 0.788. The van der Waals surface area contributed by atoms with E-state index in [0.29, 0.717) is 49.9 Å². The van der Waals surface area contributed by atoms with Crippen molar-refractivity contribution in [2.75, 3.05) is 31.6 Å². The third-order valence-electron chi connectivity index (χ3n) is 5.05. The first-order chi connectivity index (χ1) is 13.9. The van der Waals surface area contributed by atoms with Gasteiger partial charge in [-0.05, 0) is 44.0 Å². The first-order valence-electron chi connectivity index (χ1n) is 9.58. The minimum absolute atomic E-state index is 0.133. The lowest BCUT2D eigenvalue weighted by Crippen LogP contribution is -2.43. The lowest BCUT2D eigenvalue weighted by molar-refractivity contribution is -0.120. The molecule has 0 spiro atoms. The Hall–Kier alpha value is -2.65. The topological polar surface area (TPSA) is 97.8 Å². The fourth-order valence-electron chi connectivity index (χ4n) is 3.55. The molecule has 2 aliphatic heterocycles. The van der Waals surface area contributed by atoms with Gasteiger partial charge in [-0.1, -0.05) is 6.07 Å². The van der Waals surface area contributed by atoms with Crippen LogP contribution in [0.2, 0.25) is 0 Å². The second-order valence-corrected chi connectivity index (χ2v) is 9.10. The van der Waals surface area contributed by atoms with Gasteiger partial charge in [0.2, 0.25) is 15.9 Å². The van der Waals surface area contributed by atoms with Gasteiger partial charge in [-0.3, -0.25) is 4.79 Å². The Kier molecular flexibility index (Phi) is 5.42. The molecule has 1 fully saturated rings. The Labute approximate surface area is 169 Å². The zero-order valence-electron chi connectivity index (χ0n) is 16.1. The number of piperidine rings is 1. The molecule has 0 bridgehead atoms. The van der Waals surface area contributed by atoms with Crippen molar-refractivity contribution in [3.05, 3.63) is 42.1 Å². The first kappa shape index (κ1) is 19.7. The number of nitrogens with zero attached hydrogens (tertiary/aromatic N) is 2. The number of hydrogen-bond donors (Lipinski definition) is 1. The summed E-state index contributed by atoms with van der Waals surface area (Å²) in [6.07, 6.45) is 1.24. The number of hydrogen-bond acceptors (Lipinski definition) is 6. The molecule has 1 amide bonds. The largest absolute Gasteiger partial charge is 0.486 e. The molecule has 0 unspecified atom stereocenters. The first-order valence-corrected chi connectivity index (χ1v) is 11.0. The number of anilines is 1. The highest BCUT2D eigenvalue weighted by Crippen LogP contribution is 2.34. The van der Waals surface area contributed by atoms with E-state index in [4.69, 9.17) is 9.47 Å². The van der Waals surface area contributed by atoms with Crippen LogP contribution >= 0.6 is 0 Å². The molecular formula is C20H23N3O5S. The van der Waals surface area contributed by atoms with Crippen LogP contribution < -0.4 is 14.8 Å². The summed E-state index contributed by atoms with van der Waals surface area (Å²) < 4.78 is 38.6. The standard InChI is InChI=1S/C20H23N3O5S/c1-14-4-2-6-19(21-14)22-20(24)15-5-3-9-23(13-15)29(25,26)16-7-8-17-18(12-16)28-11-10-27-17/h2,4,6-8,12,15H,3,5,9-11,13H2,1H3,(H,21,22,24)/t15-/m1/s1. The van der Waals surface area contributed by atoms with Gasteiger partial charge >= 0.3 is 0 Å². The molecule has 8 nitrogen and oxygen atoms in total. The Bertz CT molecular complexity index is 1020. The molecule has 2 aromatic rings. The highest BCUT2D eigenvalue weighted by atomic mass is 32.2. The predicted molar refractivity (Wildman–Crippen MR) is 107 cm³/mol. The molecule has 1 atom stereocenters. The summed E-state index contributed by atoms with van der Waals surface area (Å²) in [4.78, 5) is 17.1. The van der Waals surface area contributed by atoms with Gasteiger partial charge in [0.1, 0.15) is 19.0 Å². The van der Waals surface area contributed by atoms with E-state index in [1.165, 1.54) is 16.4 Å². The van der Waals surface area contributed by atoms with E-state index in [9.17, 15) is 13.2 Å². The van der Waals surface area contributed by atoms with Crippen LogP contribution in [0.4, 0.5) is 5.82 Å². The summed E-state index contributed by atoms with van der Waals surface area (Å²) in [5.41, 5.74) is 0.800. The van der Waals surface area contributed by atoms with Crippen LogP contribution in [-0.2, 0) is 14.8 Å². The Morgan fingerprint density at radius 3 is 2.76 bits per heavy atom. The van der Waals surface area contributed by atoms with Crippen LogP contribution in [0.5, 0.6) is 11.5 Å². The fraction of sp³-hybridized carbons (Fsp3) is 0.400. The number of carbonyl (C=O) groups excluding carboxylic acids is 1. The summed E-state index contributed by atoms with van der Waals surface area (Å²) in [6.45, 7) is 3.18. The van der Waals surface area contributed by atoms with Gasteiger partial charge in [0.25, 0.3) is 0 Å². The smallest absolute Gasteiger partial charge is 0.243 e. The van der Waals surface area contributed by atoms with Gasteiger partial charge < -0.3 is 14.8 Å². The molecule has 9 heteroatoms. The highest BCUT2D eigenvalue weighted by Gasteiger charge is 2.34. The minimum atomic E-state index is -3.74. The van der Waals surface area contributed by atoms with Crippen LogP contribution in [0.25, 0.3) is 0 Å². The molecule has 3 heterocycles. The lowest BCUT2D eigenvalue weighted by atomic mass is 9.99. The van der Waals surface area contributed by atoms with Crippen molar-refractivity contribution in [3.8, 4) is 11.5 Å². The van der Waals surface area contributed by atoms with Gasteiger partial charge in [-0.25, -0.2) is 13.4 Å². The van der Waals surface area contributed by atoms with E-state index in [1.54, 1.807) is 12.1 Å². The Morgan fingerprint density at radius 2 is 1.97 bits per heavy atom. The molecule has 1 saturated heterocycles. The molecule has 154 valence electrons. The minimum Gasteiger partial charge on any atom is -0.486 e. The van der Waals surface area contributed by atoms with Crippen LogP contribution in [0.1, 0.15) is 18.5 Å². The van der Waals surface area contributed by atoms with Gasteiger partial charge in [0, 0.05) is 24.8 Å². The van der Waals surface area contributed by atoms with E-state index < -0.39 is 15.9 Å². The number of benzene rings is 1. The van der Waals surface area contributed by atoms with E-state index >= 15 is 0 Å². The Morgan fingerprint density at radius 1 is 1.17 bits per heavy atom. The molecule has 2 aliphatic rings. The SMILES string of the molecule is Cc1cccc(NC(=O)[C@@H]2CCCN(S(=O)(=O)c3ccc4c(c3)OCCO4)C2)n1. The molecule has 4 rings (SSSR count). The number of amides is 1. The third kappa shape index (κ3) is 4.20. The monoisotopic (exact) mass is 417 g/mol. The van der Waals surface area contributed by atoms with E-state index in [-0.39, 0.29) is 17.3 Å². The molecule has 29 heavy (non-hydrogen) atoms. The normalized spacial score (nSPS) is 19.6. The van der Waals surface area contributed by atoms with Crippen molar-refractivity contribution in [2.24, 2.45) is 5.92 Å². The lowest BCUT2D eigenvalue weighted by Gasteiger charge is -2.31. The maximum atomic E-state index is 13.1. The van der Waals surface area contributed by atoms with Crippen molar-refractivity contribution >= 4 is 21.7 Å². The van der Waals surface area contributed by atoms with Gasteiger partial charge in [-0.2, -0.15) is 4.31 Å². The predicted octanol–water partition coefficient (Wildman–Crippen LogP) is 2.20. The number of fused-ring (bicyclic) bond motifs is 1. The van der Waals surface area contributed by atoms with E-state index in [2.05, 4.69) is 10.3 Å².